The van der Waals surface area contributed by atoms with Gasteiger partial charge in [0.15, 0.2) is 0 Å². The van der Waals surface area contributed by atoms with Crippen LogP contribution in [-0.4, -0.2) is 10.5 Å². The van der Waals surface area contributed by atoms with Crippen molar-refractivity contribution < 1.29 is 4.79 Å². The molecule has 0 aliphatic heterocycles. The molecule has 1 heterocycles. The van der Waals surface area contributed by atoms with Gasteiger partial charge in [-0.3, -0.25) is 10.2 Å². The first-order valence-electron chi connectivity index (χ1n) is 5.92. The van der Waals surface area contributed by atoms with E-state index in [2.05, 4.69) is 5.43 Å². The van der Waals surface area contributed by atoms with Crippen LogP contribution >= 0.6 is 11.6 Å². The fourth-order valence-electron chi connectivity index (χ4n) is 2.28. The summed E-state index contributed by atoms with van der Waals surface area (Å²) in [5.41, 5.74) is 6.48. The highest BCUT2D eigenvalue weighted by Crippen LogP contribution is 2.27. The molecule has 0 aliphatic carbocycles. The molecule has 1 amide bonds. The van der Waals surface area contributed by atoms with E-state index in [1.165, 1.54) is 0 Å². The molecule has 0 atom stereocenters. The molecule has 0 unspecified atom stereocenters. The number of aromatic nitrogens is 1. The molecule has 3 N–H and O–H groups in total. The van der Waals surface area contributed by atoms with Gasteiger partial charge in [0.2, 0.25) is 0 Å². The van der Waals surface area contributed by atoms with Crippen molar-refractivity contribution in [1.29, 1.82) is 0 Å². The second kappa shape index (κ2) is 5.07. The second-order valence-corrected chi connectivity index (χ2v) is 4.88. The summed E-state index contributed by atoms with van der Waals surface area (Å²) in [4.78, 5) is 11.7. The lowest BCUT2D eigenvalue weighted by atomic mass is 10.2. The molecule has 2 aromatic rings. The Morgan fingerprint density at radius 3 is 2.63 bits per heavy atom. The van der Waals surface area contributed by atoms with Crippen molar-refractivity contribution >= 4 is 17.5 Å². The van der Waals surface area contributed by atoms with Crippen LogP contribution in [0.1, 0.15) is 27.3 Å². The van der Waals surface area contributed by atoms with Gasteiger partial charge >= 0.3 is 0 Å². The standard InChI is InChI=1S/C14H16ClN3O/c1-8-7-11(14(19)17-16)10(3)18(8)13-6-4-5-12(15)9(13)2/h4-7H,16H2,1-3H3,(H,17,19). The van der Waals surface area contributed by atoms with Crippen LogP contribution in [0.5, 0.6) is 0 Å². The highest BCUT2D eigenvalue weighted by molar-refractivity contribution is 6.31. The minimum Gasteiger partial charge on any atom is -0.317 e. The first kappa shape index (κ1) is 13.6. The van der Waals surface area contributed by atoms with Crippen LogP contribution in [0.2, 0.25) is 5.02 Å². The molecular formula is C14H16ClN3O. The van der Waals surface area contributed by atoms with Crippen molar-refractivity contribution in [2.24, 2.45) is 5.84 Å². The number of hydrazine groups is 1. The SMILES string of the molecule is Cc1c(Cl)cccc1-n1c(C)cc(C(=O)NN)c1C. The number of amides is 1. The van der Waals surface area contributed by atoms with Crippen molar-refractivity contribution in [3.8, 4) is 5.69 Å². The van der Waals surface area contributed by atoms with Crippen LogP contribution in [0.3, 0.4) is 0 Å². The molecule has 0 aliphatic rings. The van der Waals surface area contributed by atoms with E-state index in [4.69, 9.17) is 17.4 Å². The molecule has 0 radical (unpaired) electrons. The molecule has 0 saturated heterocycles. The summed E-state index contributed by atoms with van der Waals surface area (Å²) in [5, 5.41) is 0.704. The maximum Gasteiger partial charge on any atom is 0.267 e. The number of nitrogens with one attached hydrogen (secondary N) is 1. The number of aryl methyl sites for hydroxylation is 1. The predicted molar refractivity (Wildman–Crippen MR) is 76.6 cm³/mol. The maximum atomic E-state index is 11.7. The number of hydrogen-bond donors (Lipinski definition) is 2. The fraction of sp³-hybridized carbons (Fsp3) is 0.214. The van der Waals surface area contributed by atoms with Gasteiger partial charge in [0.05, 0.1) is 5.56 Å². The Morgan fingerprint density at radius 2 is 2.00 bits per heavy atom. The summed E-state index contributed by atoms with van der Waals surface area (Å²) in [6.07, 6.45) is 0. The van der Waals surface area contributed by atoms with E-state index >= 15 is 0 Å². The molecule has 1 aromatic carbocycles. The molecule has 4 nitrogen and oxygen atoms in total. The van der Waals surface area contributed by atoms with Gasteiger partial charge < -0.3 is 4.57 Å². The number of hydrogen-bond acceptors (Lipinski definition) is 2. The largest absolute Gasteiger partial charge is 0.317 e. The van der Waals surface area contributed by atoms with Crippen molar-refractivity contribution in [3.05, 3.63) is 51.8 Å². The number of rotatable bonds is 2. The Hall–Kier alpha value is -1.78. The second-order valence-electron chi connectivity index (χ2n) is 4.48. The maximum absolute atomic E-state index is 11.7. The molecule has 2 rings (SSSR count). The molecule has 0 spiro atoms. The Morgan fingerprint density at radius 1 is 1.32 bits per heavy atom. The minimum absolute atomic E-state index is 0.293. The molecule has 0 bridgehead atoms. The Labute approximate surface area is 117 Å². The van der Waals surface area contributed by atoms with Gasteiger partial charge in [-0.2, -0.15) is 0 Å². The number of nitrogens with zero attached hydrogens (tertiary/aromatic N) is 1. The third kappa shape index (κ3) is 2.25. The van der Waals surface area contributed by atoms with Crippen molar-refractivity contribution in [2.75, 3.05) is 0 Å². The van der Waals surface area contributed by atoms with Crippen LogP contribution in [-0.2, 0) is 0 Å². The summed E-state index contributed by atoms with van der Waals surface area (Å²) in [7, 11) is 0. The summed E-state index contributed by atoms with van der Waals surface area (Å²) in [6.45, 7) is 5.79. The number of nitrogen functional groups attached to an aromatic ring is 1. The van der Waals surface area contributed by atoms with E-state index in [1.807, 2.05) is 49.6 Å². The number of halogens is 1. The van der Waals surface area contributed by atoms with Gasteiger partial charge in [0.1, 0.15) is 0 Å². The van der Waals surface area contributed by atoms with Crippen LogP contribution in [0.25, 0.3) is 5.69 Å². The molecule has 100 valence electrons. The zero-order valence-corrected chi connectivity index (χ0v) is 11.9. The number of carbonyl (C=O) groups is 1. The predicted octanol–water partition coefficient (Wildman–Crippen LogP) is 2.66. The van der Waals surface area contributed by atoms with Crippen molar-refractivity contribution in [1.82, 2.24) is 9.99 Å². The Kier molecular flexibility index (Phi) is 3.64. The average Bonchev–Trinajstić information content (AvgIpc) is 2.68. The monoisotopic (exact) mass is 277 g/mol. The molecule has 5 heteroatoms. The minimum atomic E-state index is -0.293. The topological polar surface area (TPSA) is 60.0 Å². The number of nitrogens with two attached hydrogens (primary N) is 1. The lowest BCUT2D eigenvalue weighted by molar-refractivity contribution is 0.0953. The molecule has 1 aromatic heterocycles. The van der Waals surface area contributed by atoms with Gasteiger partial charge in [-0.15, -0.1) is 0 Å². The lowest BCUT2D eigenvalue weighted by Crippen LogP contribution is -2.30. The van der Waals surface area contributed by atoms with E-state index < -0.39 is 0 Å². The quantitative estimate of drug-likeness (QED) is 0.504. The van der Waals surface area contributed by atoms with Gasteiger partial charge in [-0.1, -0.05) is 17.7 Å². The lowest BCUT2D eigenvalue weighted by Gasteiger charge is -2.13. The highest BCUT2D eigenvalue weighted by Gasteiger charge is 2.17. The first-order valence-corrected chi connectivity index (χ1v) is 6.30. The Bertz CT molecular complexity index is 646. The summed E-state index contributed by atoms with van der Waals surface area (Å²) in [6, 6.07) is 7.54. The number of carbonyl (C=O) groups excluding carboxylic acids is 1. The van der Waals surface area contributed by atoms with Gasteiger partial charge in [-0.05, 0) is 44.5 Å². The Balaban J connectivity index is 2.67. The van der Waals surface area contributed by atoms with E-state index in [0.29, 0.717) is 10.6 Å². The van der Waals surface area contributed by atoms with Crippen molar-refractivity contribution in [2.45, 2.75) is 20.8 Å². The zero-order valence-electron chi connectivity index (χ0n) is 11.1. The van der Waals surface area contributed by atoms with E-state index in [0.717, 1.165) is 22.6 Å². The number of benzene rings is 1. The van der Waals surface area contributed by atoms with Crippen LogP contribution < -0.4 is 11.3 Å². The summed E-state index contributed by atoms with van der Waals surface area (Å²) in [5.74, 6) is 4.90. The molecule has 0 fully saturated rings. The van der Waals surface area contributed by atoms with Gasteiger partial charge in [-0.25, -0.2) is 5.84 Å². The molecule has 0 saturated carbocycles. The fourth-order valence-corrected chi connectivity index (χ4v) is 2.45. The van der Waals surface area contributed by atoms with Crippen molar-refractivity contribution in [3.63, 3.8) is 0 Å². The van der Waals surface area contributed by atoms with Crippen LogP contribution in [0, 0.1) is 20.8 Å². The van der Waals surface area contributed by atoms with E-state index in [9.17, 15) is 4.79 Å². The highest BCUT2D eigenvalue weighted by atomic mass is 35.5. The third-order valence-electron chi connectivity index (χ3n) is 3.29. The smallest absolute Gasteiger partial charge is 0.267 e. The molecular weight excluding hydrogens is 262 g/mol. The average molecular weight is 278 g/mol. The molecule has 19 heavy (non-hydrogen) atoms. The zero-order chi connectivity index (χ0) is 14.2. The van der Waals surface area contributed by atoms with Crippen LogP contribution in [0.4, 0.5) is 0 Å². The summed E-state index contributed by atoms with van der Waals surface area (Å²) >= 11 is 6.15. The third-order valence-corrected chi connectivity index (χ3v) is 3.70. The van der Waals surface area contributed by atoms with Gasteiger partial charge in [0.25, 0.3) is 5.91 Å². The first-order chi connectivity index (χ1) is 8.97. The van der Waals surface area contributed by atoms with E-state index in [1.54, 1.807) is 0 Å². The van der Waals surface area contributed by atoms with Crippen LogP contribution in [0.15, 0.2) is 24.3 Å². The van der Waals surface area contributed by atoms with Gasteiger partial charge in [0, 0.05) is 22.1 Å². The summed E-state index contributed by atoms with van der Waals surface area (Å²) < 4.78 is 2.01. The van der Waals surface area contributed by atoms with E-state index in [-0.39, 0.29) is 5.91 Å². The normalized spacial score (nSPS) is 10.6.